The molecule has 94 valence electrons. The SMILES string of the molecule is COc1ccc(C(CCBr)C(=O)[O-])cc1OC. The maximum atomic E-state index is 11.0. The van der Waals surface area contributed by atoms with E-state index in [1.165, 1.54) is 14.2 Å². The molecule has 17 heavy (non-hydrogen) atoms. The van der Waals surface area contributed by atoms with Crippen LogP contribution in [-0.4, -0.2) is 25.5 Å². The summed E-state index contributed by atoms with van der Waals surface area (Å²) in [4.78, 5) is 11.0. The van der Waals surface area contributed by atoms with Crippen molar-refractivity contribution in [3.63, 3.8) is 0 Å². The van der Waals surface area contributed by atoms with Crippen LogP contribution in [-0.2, 0) is 4.79 Å². The van der Waals surface area contributed by atoms with Gasteiger partial charge in [0.1, 0.15) is 0 Å². The highest BCUT2D eigenvalue weighted by atomic mass is 79.9. The molecular weight excluding hydrogens is 288 g/mol. The summed E-state index contributed by atoms with van der Waals surface area (Å²) in [7, 11) is 3.05. The van der Waals surface area contributed by atoms with Crippen molar-refractivity contribution < 1.29 is 19.4 Å². The number of hydrogen-bond donors (Lipinski definition) is 0. The Morgan fingerprint density at radius 2 is 2.00 bits per heavy atom. The quantitative estimate of drug-likeness (QED) is 0.744. The Bertz CT molecular complexity index is 392. The summed E-state index contributed by atoms with van der Waals surface area (Å²) >= 11 is 3.23. The van der Waals surface area contributed by atoms with Gasteiger partial charge in [-0.05, 0) is 24.1 Å². The zero-order valence-corrected chi connectivity index (χ0v) is 11.3. The van der Waals surface area contributed by atoms with E-state index in [1.807, 2.05) is 0 Å². The number of hydrogen-bond acceptors (Lipinski definition) is 4. The number of carbonyl (C=O) groups is 1. The van der Waals surface area contributed by atoms with Crippen molar-refractivity contribution in [2.75, 3.05) is 19.5 Å². The highest BCUT2D eigenvalue weighted by Crippen LogP contribution is 2.31. The first-order valence-corrected chi connectivity index (χ1v) is 6.25. The number of aliphatic carboxylic acids is 1. The average molecular weight is 302 g/mol. The van der Waals surface area contributed by atoms with E-state index in [1.54, 1.807) is 18.2 Å². The number of ether oxygens (including phenoxy) is 2. The van der Waals surface area contributed by atoms with Crippen molar-refractivity contribution in [3.05, 3.63) is 23.8 Å². The molecule has 0 fully saturated rings. The Balaban J connectivity index is 3.08. The first-order chi connectivity index (χ1) is 8.13. The third-order valence-corrected chi connectivity index (χ3v) is 2.95. The monoisotopic (exact) mass is 301 g/mol. The van der Waals surface area contributed by atoms with Gasteiger partial charge < -0.3 is 19.4 Å². The molecule has 0 radical (unpaired) electrons. The first-order valence-electron chi connectivity index (χ1n) is 5.12. The lowest BCUT2D eigenvalue weighted by molar-refractivity contribution is -0.308. The van der Waals surface area contributed by atoms with Crippen molar-refractivity contribution in [1.82, 2.24) is 0 Å². The van der Waals surface area contributed by atoms with Gasteiger partial charge in [-0.2, -0.15) is 0 Å². The van der Waals surface area contributed by atoms with Gasteiger partial charge >= 0.3 is 0 Å². The summed E-state index contributed by atoms with van der Waals surface area (Å²) in [6, 6.07) is 5.07. The van der Waals surface area contributed by atoms with Gasteiger partial charge in [0.05, 0.1) is 14.2 Å². The number of carboxylic acid groups (broad SMARTS) is 1. The van der Waals surface area contributed by atoms with E-state index < -0.39 is 11.9 Å². The van der Waals surface area contributed by atoms with E-state index in [2.05, 4.69) is 15.9 Å². The number of rotatable bonds is 6. The summed E-state index contributed by atoms with van der Waals surface area (Å²) < 4.78 is 10.2. The molecule has 0 saturated carbocycles. The molecule has 1 atom stereocenters. The molecular formula is C12H14BrO4-. The van der Waals surface area contributed by atoms with Crippen LogP contribution in [0.15, 0.2) is 18.2 Å². The Labute approximate surface area is 109 Å². The minimum absolute atomic E-state index is 0.470. The zero-order valence-electron chi connectivity index (χ0n) is 9.73. The van der Waals surface area contributed by atoms with Crippen LogP contribution in [0.25, 0.3) is 0 Å². The highest BCUT2D eigenvalue weighted by molar-refractivity contribution is 9.09. The molecule has 1 unspecified atom stereocenters. The van der Waals surface area contributed by atoms with Gasteiger partial charge in [-0.25, -0.2) is 0 Å². The highest BCUT2D eigenvalue weighted by Gasteiger charge is 2.14. The average Bonchev–Trinajstić information content (AvgIpc) is 2.34. The van der Waals surface area contributed by atoms with E-state index >= 15 is 0 Å². The molecule has 0 heterocycles. The van der Waals surface area contributed by atoms with Crippen molar-refractivity contribution in [1.29, 1.82) is 0 Å². The molecule has 1 rings (SSSR count). The zero-order chi connectivity index (χ0) is 12.8. The molecule has 0 aliphatic rings. The van der Waals surface area contributed by atoms with Crippen LogP contribution in [0.3, 0.4) is 0 Å². The smallest absolute Gasteiger partial charge is 0.161 e. The van der Waals surface area contributed by atoms with Crippen LogP contribution in [0.5, 0.6) is 11.5 Å². The molecule has 4 nitrogen and oxygen atoms in total. The van der Waals surface area contributed by atoms with Crippen LogP contribution in [0.4, 0.5) is 0 Å². The second kappa shape index (κ2) is 6.49. The lowest BCUT2D eigenvalue weighted by atomic mass is 9.96. The van der Waals surface area contributed by atoms with Gasteiger partial charge in [0.2, 0.25) is 0 Å². The van der Waals surface area contributed by atoms with Crippen LogP contribution >= 0.6 is 15.9 Å². The van der Waals surface area contributed by atoms with Crippen molar-refractivity contribution >= 4 is 21.9 Å². The van der Waals surface area contributed by atoms with Crippen LogP contribution in [0.2, 0.25) is 0 Å². The second-order valence-corrected chi connectivity index (χ2v) is 4.26. The van der Waals surface area contributed by atoms with Crippen molar-refractivity contribution in [2.45, 2.75) is 12.3 Å². The molecule has 0 aromatic heterocycles. The molecule has 0 N–H and O–H groups in total. The Hall–Kier alpha value is -1.23. The summed E-state index contributed by atoms with van der Waals surface area (Å²) in [6.45, 7) is 0. The fourth-order valence-corrected chi connectivity index (χ4v) is 2.06. The van der Waals surface area contributed by atoms with Gasteiger partial charge in [0.15, 0.2) is 11.5 Å². The molecule has 5 heteroatoms. The Morgan fingerprint density at radius 1 is 1.35 bits per heavy atom. The molecule has 0 saturated heterocycles. The maximum absolute atomic E-state index is 11.0. The first kappa shape index (κ1) is 13.8. The van der Waals surface area contributed by atoms with E-state index in [9.17, 15) is 9.90 Å². The maximum Gasteiger partial charge on any atom is 0.161 e. The third-order valence-electron chi connectivity index (χ3n) is 2.49. The Morgan fingerprint density at radius 3 is 2.47 bits per heavy atom. The molecule has 1 aromatic carbocycles. The standard InChI is InChI=1S/C12H15BrO4/c1-16-10-4-3-8(7-11(10)17-2)9(5-6-13)12(14)15/h3-4,7,9H,5-6H2,1-2H3,(H,14,15)/p-1. The van der Waals surface area contributed by atoms with Crippen molar-refractivity contribution in [2.24, 2.45) is 0 Å². The largest absolute Gasteiger partial charge is 0.549 e. The molecule has 1 aromatic rings. The Kier molecular flexibility index (Phi) is 5.28. The summed E-state index contributed by atoms with van der Waals surface area (Å²) in [5, 5.41) is 11.6. The molecule has 0 aliphatic carbocycles. The lowest BCUT2D eigenvalue weighted by Gasteiger charge is -2.18. The number of carbonyl (C=O) groups excluding carboxylic acids is 1. The summed E-state index contributed by atoms with van der Waals surface area (Å²) in [6.07, 6.45) is 0.470. The second-order valence-electron chi connectivity index (χ2n) is 3.46. The van der Waals surface area contributed by atoms with Gasteiger partial charge in [0.25, 0.3) is 0 Å². The van der Waals surface area contributed by atoms with E-state index in [4.69, 9.17) is 9.47 Å². The van der Waals surface area contributed by atoms with Gasteiger partial charge in [0, 0.05) is 17.2 Å². The van der Waals surface area contributed by atoms with Crippen LogP contribution < -0.4 is 14.6 Å². The van der Waals surface area contributed by atoms with E-state index in [0.717, 1.165) is 0 Å². The fourth-order valence-electron chi connectivity index (χ4n) is 1.60. The number of halogens is 1. The van der Waals surface area contributed by atoms with Crippen LogP contribution in [0.1, 0.15) is 17.9 Å². The van der Waals surface area contributed by atoms with Gasteiger partial charge in [-0.15, -0.1) is 0 Å². The third kappa shape index (κ3) is 3.36. The van der Waals surface area contributed by atoms with Crippen molar-refractivity contribution in [3.8, 4) is 11.5 Å². The topological polar surface area (TPSA) is 58.6 Å². The normalized spacial score (nSPS) is 11.9. The number of benzene rings is 1. The molecule has 0 amide bonds. The number of alkyl halides is 1. The van der Waals surface area contributed by atoms with E-state index in [0.29, 0.717) is 28.8 Å². The molecule has 0 aliphatic heterocycles. The lowest BCUT2D eigenvalue weighted by Crippen LogP contribution is -2.30. The molecule has 0 spiro atoms. The predicted octanol–water partition coefficient (Wildman–Crippen LogP) is 1.32. The number of carboxylic acids is 1. The summed E-state index contributed by atoms with van der Waals surface area (Å²) in [5.74, 6) is -0.635. The minimum atomic E-state index is -1.09. The van der Waals surface area contributed by atoms with Crippen LogP contribution in [0, 0.1) is 0 Å². The van der Waals surface area contributed by atoms with E-state index in [-0.39, 0.29) is 0 Å². The minimum Gasteiger partial charge on any atom is -0.549 e. The molecule has 0 bridgehead atoms. The number of methoxy groups -OCH3 is 2. The summed E-state index contributed by atoms with van der Waals surface area (Å²) in [5.41, 5.74) is 0.655. The van der Waals surface area contributed by atoms with Gasteiger partial charge in [-0.3, -0.25) is 0 Å². The van der Waals surface area contributed by atoms with Gasteiger partial charge in [-0.1, -0.05) is 22.0 Å². The fraction of sp³-hybridized carbons (Fsp3) is 0.417. The predicted molar refractivity (Wildman–Crippen MR) is 65.7 cm³/mol.